The van der Waals surface area contributed by atoms with Gasteiger partial charge in [0.2, 0.25) is 5.91 Å². The molecule has 1 saturated carbocycles. The lowest BCUT2D eigenvalue weighted by molar-refractivity contribution is -0.122. The van der Waals surface area contributed by atoms with Crippen LogP contribution in [0.5, 0.6) is 5.75 Å². The topological polar surface area (TPSA) is 64.4 Å². The molecule has 3 N–H and O–H groups in total. The van der Waals surface area contributed by atoms with Crippen LogP contribution >= 0.6 is 12.4 Å². The SMILES string of the molecule is CC(NC(=O)C[C@@H]1CCC[C@H]1N)c1ccc(OC(F)F)cc1.Cl. The zero-order valence-corrected chi connectivity index (χ0v) is 13.8. The minimum atomic E-state index is -2.83. The van der Waals surface area contributed by atoms with Gasteiger partial charge < -0.3 is 15.8 Å². The van der Waals surface area contributed by atoms with Crippen molar-refractivity contribution in [1.29, 1.82) is 0 Å². The summed E-state index contributed by atoms with van der Waals surface area (Å²) in [7, 11) is 0. The van der Waals surface area contributed by atoms with Crippen molar-refractivity contribution in [2.45, 2.75) is 51.3 Å². The average Bonchev–Trinajstić information content (AvgIpc) is 2.84. The van der Waals surface area contributed by atoms with Crippen molar-refractivity contribution < 1.29 is 18.3 Å². The Balaban J connectivity index is 0.00000264. The van der Waals surface area contributed by atoms with Gasteiger partial charge in [-0.15, -0.1) is 12.4 Å². The number of ether oxygens (including phenoxy) is 1. The summed E-state index contributed by atoms with van der Waals surface area (Å²) in [6.07, 6.45) is 3.51. The molecule has 1 fully saturated rings. The lowest BCUT2D eigenvalue weighted by Gasteiger charge is -2.18. The Bertz CT molecular complexity index is 499. The van der Waals surface area contributed by atoms with Gasteiger partial charge in [-0.25, -0.2) is 0 Å². The molecule has 1 aliphatic carbocycles. The van der Waals surface area contributed by atoms with Crippen LogP contribution in [-0.4, -0.2) is 18.6 Å². The van der Waals surface area contributed by atoms with Gasteiger partial charge in [-0.1, -0.05) is 18.6 Å². The summed E-state index contributed by atoms with van der Waals surface area (Å²) in [6, 6.07) is 6.21. The minimum absolute atomic E-state index is 0. The second kappa shape index (κ2) is 9.03. The number of hydrogen-bond acceptors (Lipinski definition) is 3. The quantitative estimate of drug-likeness (QED) is 0.828. The van der Waals surface area contributed by atoms with E-state index >= 15 is 0 Å². The van der Waals surface area contributed by atoms with Crippen molar-refractivity contribution in [3.05, 3.63) is 29.8 Å². The highest BCUT2D eigenvalue weighted by Gasteiger charge is 2.26. The molecule has 1 aromatic rings. The predicted molar refractivity (Wildman–Crippen MR) is 86.8 cm³/mol. The maximum atomic E-state index is 12.1. The Morgan fingerprint density at radius 2 is 2.00 bits per heavy atom. The fourth-order valence-corrected chi connectivity index (χ4v) is 2.88. The van der Waals surface area contributed by atoms with Crippen molar-refractivity contribution >= 4 is 18.3 Å². The van der Waals surface area contributed by atoms with Gasteiger partial charge in [0.05, 0.1) is 6.04 Å². The molecule has 3 atom stereocenters. The Labute approximate surface area is 141 Å². The van der Waals surface area contributed by atoms with Crippen LogP contribution in [0.3, 0.4) is 0 Å². The number of amides is 1. The summed E-state index contributed by atoms with van der Waals surface area (Å²) >= 11 is 0. The molecule has 1 unspecified atom stereocenters. The van der Waals surface area contributed by atoms with Gasteiger partial charge in [0.15, 0.2) is 0 Å². The molecule has 0 bridgehead atoms. The van der Waals surface area contributed by atoms with E-state index in [1.807, 2.05) is 6.92 Å². The molecule has 0 spiro atoms. The van der Waals surface area contributed by atoms with Crippen LogP contribution in [-0.2, 0) is 4.79 Å². The van der Waals surface area contributed by atoms with Crippen LogP contribution in [0, 0.1) is 5.92 Å². The number of nitrogens with one attached hydrogen (secondary N) is 1. The van der Waals surface area contributed by atoms with Crippen LogP contribution in [0.15, 0.2) is 24.3 Å². The maximum absolute atomic E-state index is 12.1. The number of halogens is 3. The van der Waals surface area contributed by atoms with E-state index < -0.39 is 6.61 Å². The summed E-state index contributed by atoms with van der Waals surface area (Å²) in [5.74, 6) is 0.339. The third-order valence-electron chi connectivity index (χ3n) is 4.15. The molecule has 23 heavy (non-hydrogen) atoms. The van der Waals surface area contributed by atoms with Crippen LogP contribution in [0.25, 0.3) is 0 Å². The van der Waals surface area contributed by atoms with Crippen molar-refractivity contribution in [1.82, 2.24) is 5.32 Å². The van der Waals surface area contributed by atoms with Gasteiger partial charge in [0, 0.05) is 12.5 Å². The normalized spacial score (nSPS) is 21.6. The van der Waals surface area contributed by atoms with Gasteiger partial charge in [-0.3, -0.25) is 4.79 Å². The molecule has 0 radical (unpaired) electrons. The Hall–Kier alpha value is -1.40. The summed E-state index contributed by atoms with van der Waals surface area (Å²) in [4.78, 5) is 12.1. The molecule has 0 aromatic heterocycles. The van der Waals surface area contributed by atoms with E-state index in [-0.39, 0.29) is 42.1 Å². The van der Waals surface area contributed by atoms with Crippen LogP contribution in [0.1, 0.15) is 44.2 Å². The highest BCUT2D eigenvalue weighted by Crippen LogP contribution is 2.27. The minimum Gasteiger partial charge on any atom is -0.435 e. The molecular weight excluding hydrogens is 326 g/mol. The maximum Gasteiger partial charge on any atom is 0.387 e. The molecule has 1 aromatic carbocycles. The number of benzene rings is 1. The molecule has 0 aliphatic heterocycles. The summed E-state index contributed by atoms with van der Waals surface area (Å²) in [5.41, 5.74) is 6.81. The Morgan fingerprint density at radius 3 is 2.52 bits per heavy atom. The van der Waals surface area contributed by atoms with Gasteiger partial charge in [-0.2, -0.15) is 8.78 Å². The van der Waals surface area contributed by atoms with Crippen molar-refractivity contribution in [3.63, 3.8) is 0 Å². The second-order valence-corrected chi connectivity index (χ2v) is 5.80. The molecule has 0 saturated heterocycles. The van der Waals surface area contributed by atoms with Crippen molar-refractivity contribution in [2.75, 3.05) is 0 Å². The fourth-order valence-electron chi connectivity index (χ4n) is 2.88. The standard InChI is InChI=1S/C16H22F2N2O2.ClH/c1-10(11-5-7-13(8-6-11)22-16(17)18)20-15(21)9-12-3-2-4-14(12)19;/h5-8,10,12,14,16H,2-4,9,19H2,1H3,(H,20,21);1H/t10?,12-,14+;/m0./s1. The number of carbonyl (C=O) groups excluding carboxylic acids is 1. The highest BCUT2D eigenvalue weighted by atomic mass is 35.5. The van der Waals surface area contributed by atoms with Gasteiger partial charge >= 0.3 is 6.61 Å². The number of nitrogens with two attached hydrogens (primary N) is 1. The third kappa shape index (κ3) is 5.95. The molecule has 130 valence electrons. The fraction of sp³-hybridized carbons (Fsp3) is 0.562. The summed E-state index contributed by atoms with van der Waals surface area (Å²) in [6.45, 7) is -0.978. The smallest absolute Gasteiger partial charge is 0.387 e. The lowest BCUT2D eigenvalue weighted by Crippen LogP contribution is -2.32. The van der Waals surface area contributed by atoms with E-state index in [0.717, 1.165) is 24.8 Å². The van der Waals surface area contributed by atoms with Gasteiger partial charge in [0.25, 0.3) is 0 Å². The van der Waals surface area contributed by atoms with E-state index in [2.05, 4.69) is 10.1 Å². The van der Waals surface area contributed by atoms with Crippen LogP contribution < -0.4 is 15.8 Å². The van der Waals surface area contributed by atoms with E-state index in [0.29, 0.717) is 6.42 Å². The average molecular weight is 349 g/mol. The highest BCUT2D eigenvalue weighted by molar-refractivity contribution is 5.85. The summed E-state index contributed by atoms with van der Waals surface area (Å²) < 4.78 is 28.5. The molecule has 1 aliphatic rings. The molecule has 7 heteroatoms. The van der Waals surface area contributed by atoms with Gasteiger partial charge in [-0.05, 0) is 43.4 Å². The Morgan fingerprint density at radius 1 is 1.35 bits per heavy atom. The first-order valence-corrected chi connectivity index (χ1v) is 7.55. The monoisotopic (exact) mass is 348 g/mol. The van der Waals surface area contributed by atoms with Crippen LogP contribution in [0.4, 0.5) is 8.78 Å². The number of rotatable bonds is 6. The second-order valence-electron chi connectivity index (χ2n) is 5.80. The first-order chi connectivity index (χ1) is 10.5. The molecule has 2 rings (SSSR count). The summed E-state index contributed by atoms with van der Waals surface area (Å²) in [5, 5.41) is 2.92. The first-order valence-electron chi connectivity index (χ1n) is 7.55. The van der Waals surface area contributed by atoms with Crippen molar-refractivity contribution in [3.8, 4) is 5.75 Å². The van der Waals surface area contributed by atoms with E-state index in [4.69, 9.17) is 5.73 Å². The Kier molecular flexibility index (Phi) is 7.72. The number of hydrogen-bond donors (Lipinski definition) is 2. The molecule has 0 heterocycles. The molecule has 1 amide bonds. The van der Waals surface area contributed by atoms with Gasteiger partial charge in [0.1, 0.15) is 5.75 Å². The zero-order valence-electron chi connectivity index (χ0n) is 13.0. The van der Waals surface area contributed by atoms with Crippen molar-refractivity contribution in [2.24, 2.45) is 11.7 Å². The largest absolute Gasteiger partial charge is 0.435 e. The predicted octanol–water partition coefficient (Wildman–Crippen LogP) is 3.40. The third-order valence-corrected chi connectivity index (χ3v) is 4.15. The van der Waals surface area contributed by atoms with E-state index in [1.54, 1.807) is 12.1 Å². The molecular formula is C16H23ClF2N2O2. The van der Waals surface area contributed by atoms with E-state index in [1.165, 1.54) is 12.1 Å². The van der Waals surface area contributed by atoms with Crippen LogP contribution in [0.2, 0.25) is 0 Å². The molecule has 4 nitrogen and oxygen atoms in total. The lowest BCUT2D eigenvalue weighted by atomic mass is 9.99. The number of alkyl halides is 2. The first kappa shape index (κ1) is 19.6. The number of carbonyl (C=O) groups is 1. The zero-order chi connectivity index (χ0) is 16.1. The van der Waals surface area contributed by atoms with E-state index in [9.17, 15) is 13.6 Å².